The van der Waals surface area contributed by atoms with Gasteiger partial charge in [-0.05, 0) is 38.5 Å². The molecule has 2 aromatic rings. The molecule has 1 amide bonds. The predicted octanol–water partition coefficient (Wildman–Crippen LogP) is 3.30. The zero-order valence-electron chi connectivity index (χ0n) is 13.3. The Hall–Kier alpha value is -1.97. The number of rotatable bonds is 6. The van der Waals surface area contributed by atoms with E-state index in [4.69, 9.17) is 4.74 Å². The van der Waals surface area contributed by atoms with Gasteiger partial charge in [-0.1, -0.05) is 13.0 Å². The van der Waals surface area contributed by atoms with E-state index in [1.807, 2.05) is 55.9 Å². The van der Waals surface area contributed by atoms with Crippen LogP contribution in [0.3, 0.4) is 0 Å². The maximum Gasteiger partial charge on any atom is 0.242 e. The molecular weight excluding hydrogens is 264 g/mol. The zero-order chi connectivity index (χ0) is 15.4. The van der Waals surface area contributed by atoms with Gasteiger partial charge in [0.1, 0.15) is 12.3 Å². The Morgan fingerprint density at radius 1 is 1.33 bits per heavy atom. The van der Waals surface area contributed by atoms with Crippen molar-refractivity contribution < 1.29 is 9.53 Å². The molecule has 1 aromatic heterocycles. The maximum atomic E-state index is 12.2. The molecule has 0 radical (unpaired) electrons. The number of likely N-dealkylation sites (N-methyl/N-ethyl adjacent to an activating group) is 1. The van der Waals surface area contributed by atoms with E-state index < -0.39 is 0 Å². The van der Waals surface area contributed by atoms with Gasteiger partial charge in [-0.15, -0.1) is 0 Å². The van der Waals surface area contributed by atoms with E-state index in [1.54, 1.807) is 4.90 Å². The van der Waals surface area contributed by atoms with Gasteiger partial charge in [-0.25, -0.2) is 0 Å². The molecule has 1 aromatic carbocycles. The number of benzene rings is 1. The van der Waals surface area contributed by atoms with Gasteiger partial charge >= 0.3 is 0 Å². The molecule has 0 atom stereocenters. The molecule has 114 valence electrons. The van der Waals surface area contributed by atoms with E-state index in [0.29, 0.717) is 13.2 Å². The highest BCUT2D eigenvalue weighted by Crippen LogP contribution is 2.26. The molecule has 0 fully saturated rings. The number of ether oxygens (including phenoxy) is 1. The molecule has 0 aliphatic heterocycles. The van der Waals surface area contributed by atoms with Crippen LogP contribution < -0.4 is 4.74 Å². The first-order valence-corrected chi connectivity index (χ1v) is 7.51. The van der Waals surface area contributed by atoms with Crippen LogP contribution in [-0.2, 0) is 11.3 Å². The second-order valence-electron chi connectivity index (χ2n) is 5.58. The number of aromatic nitrogens is 1. The number of amides is 1. The Labute approximate surface area is 126 Å². The van der Waals surface area contributed by atoms with Crippen LogP contribution in [-0.4, -0.2) is 35.1 Å². The standard InChI is InChI=1S/C17H24N2O2/c1-5-11-21-16-8-6-7-15-14(16)9-10-19(15)12-17(20)18(4)13(2)3/h6-10,13H,5,11-12H2,1-4H3. The first-order valence-electron chi connectivity index (χ1n) is 7.51. The number of carbonyl (C=O) groups is 1. The van der Waals surface area contributed by atoms with E-state index in [9.17, 15) is 4.79 Å². The van der Waals surface area contributed by atoms with Crippen molar-refractivity contribution in [2.45, 2.75) is 39.8 Å². The molecule has 1 heterocycles. The highest BCUT2D eigenvalue weighted by molar-refractivity contribution is 5.88. The lowest BCUT2D eigenvalue weighted by Gasteiger charge is -2.21. The third-order valence-electron chi connectivity index (χ3n) is 3.71. The van der Waals surface area contributed by atoms with Crippen molar-refractivity contribution in [1.29, 1.82) is 0 Å². The molecule has 2 rings (SSSR count). The van der Waals surface area contributed by atoms with E-state index in [2.05, 4.69) is 6.92 Å². The molecule has 0 bridgehead atoms. The van der Waals surface area contributed by atoms with Gasteiger partial charge in [0.05, 0.1) is 12.1 Å². The van der Waals surface area contributed by atoms with Crippen LogP contribution >= 0.6 is 0 Å². The van der Waals surface area contributed by atoms with Crippen LogP contribution in [0.4, 0.5) is 0 Å². The minimum Gasteiger partial charge on any atom is -0.493 e. The Balaban J connectivity index is 2.24. The normalized spacial score (nSPS) is 11.1. The summed E-state index contributed by atoms with van der Waals surface area (Å²) in [6.45, 7) is 7.19. The third kappa shape index (κ3) is 3.38. The van der Waals surface area contributed by atoms with Crippen LogP contribution in [0.15, 0.2) is 30.5 Å². The Kier molecular flexibility index (Phi) is 4.89. The van der Waals surface area contributed by atoms with Crippen LogP contribution in [0.2, 0.25) is 0 Å². The summed E-state index contributed by atoms with van der Waals surface area (Å²) in [4.78, 5) is 14.0. The molecule has 0 spiro atoms. The van der Waals surface area contributed by atoms with Gasteiger partial charge in [-0.3, -0.25) is 4.79 Å². The number of nitrogens with zero attached hydrogens (tertiary/aromatic N) is 2. The summed E-state index contributed by atoms with van der Waals surface area (Å²) >= 11 is 0. The molecule has 0 aliphatic carbocycles. The Morgan fingerprint density at radius 2 is 2.10 bits per heavy atom. The van der Waals surface area contributed by atoms with Crippen LogP contribution in [0.25, 0.3) is 10.9 Å². The molecule has 0 saturated carbocycles. The summed E-state index contributed by atoms with van der Waals surface area (Å²) in [5.74, 6) is 1.00. The molecular formula is C17H24N2O2. The fourth-order valence-corrected chi connectivity index (χ4v) is 2.22. The number of fused-ring (bicyclic) bond motifs is 1. The highest BCUT2D eigenvalue weighted by Gasteiger charge is 2.14. The van der Waals surface area contributed by atoms with E-state index in [1.165, 1.54) is 0 Å². The van der Waals surface area contributed by atoms with Crippen molar-refractivity contribution in [1.82, 2.24) is 9.47 Å². The molecule has 0 saturated heterocycles. The first-order chi connectivity index (χ1) is 10.0. The van der Waals surface area contributed by atoms with Gasteiger partial charge < -0.3 is 14.2 Å². The Bertz CT molecular complexity index is 616. The summed E-state index contributed by atoms with van der Waals surface area (Å²) in [5.41, 5.74) is 1.04. The summed E-state index contributed by atoms with van der Waals surface area (Å²) in [6, 6.07) is 8.20. The minimum atomic E-state index is 0.113. The average Bonchev–Trinajstić information content (AvgIpc) is 2.87. The summed E-state index contributed by atoms with van der Waals surface area (Å²) < 4.78 is 7.75. The third-order valence-corrected chi connectivity index (χ3v) is 3.71. The van der Waals surface area contributed by atoms with Gasteiger partial charge in [0.25, 0.3) is 0 Å². The second kappa shape index (κ2) is 6.66. The fourth-order valence-electron chi connectivity index (χ4n) is 2.22. The topological polar surface area (TPSA) is 34.5 Å². The highest BCUT2D eigenvalue weighted by atomic mass is 16.5. The number of hydrogen-bond donors (Lipinski definition) is 0. The minimum absolute atomic E-state index is 0.113. The zero-order valence-corrected chi connectivity index (χ0v) is 13.3. The SMILES string of the molecule is CCCOc1cccc2c1ccn2CC(=O)N(C)C(C)C. The lowest BCUT2D eigenvalue weighted by molar-refractivity contribution is -0.131. The average molecular weight is 288 g/mol. The largest absolute Gasteiger partial charge is 0.493 e. The van der Waals surface area contributed by atoms with Crippen molar-refractivity contribution in [3.05, 3.63) is 30.5 Å². The lowest BCUT2D eigenvalue weighted by Crippen LogP contribution is -2.35. The first kappa shape index (κ1) is 15.4. The molecule has 0 N–H and O–H groups in total. The monoisotopic (exact) mass is 288 g/mol. The number of carbonyl (C=O) groups excluding carboxylic acids is 1. The molecule has 4 heteroatoms. The van der Waals surface area contributed by atoms with E-state index >= 15 is 0 Å². The molecule has 4 nitrogen and oxygen atoms in total. The summed E-state index contributed by atoms with van der Waals surface area (Å²) in [6.07, 6.45) is 2.93. The quantitative estimate of drug-likeness (QED) is 0.817. The van der Waals surface area contributed by atoms with E-state index in [-0.39, 0.29) is 11.9 Å². The van der Waals surface area contributed by atoms with Crippen molar-refractivity contribution in [3.8, 4) is 5.75 Å². The van der Waals surface area contributed by atoms with Crippen LogP contribution in [0, 0.1) is 0 Å². The lowest BCUT2D eigenvalue weighted by atomic mass is 10.2. The van der Waals surface area contributed by atoms with Gasteiger partial charge in [0, 0.05) is 24.7 Å². The second-order valence-corrected chi connectivity index (χ2v) is 5.58. The molecule has 21 heavy (non-hydrogen) atoms. The fraction of sp³-hybridized carbons (Fsp3) is 0.471. The van der Waals surface area contributed by atoms with Crippen LogP contribution in [0.1, 0.15) is 27.2 Å². The van der Waals surface area contributed by atoms with Gasteiger partial charge in [0.2, 0.25) is 5.91 Å². The van der Waals surface area contributed by atoms with Crippen molar-refractivity contribution >= 4 is 16.8 Å². The number of hydrogen-bond acceptors (Lipinski definition) is 2. The maximum absolute atomic E-state index is 12.2. The smallest absolute Gasteiger partial charge is 0.242 e. The van der Waals surface area contributed by atoms with Gasteiger partial charge in [-0.2, -0.15) is 0 Å². The van der Waals surface area contributed by atoms with E-state index in [0.717, 1.165) is 23.1 Å². The van der Waals surface area contributed by atoms with Crippen LogP contribution in [0.5, 0.6) is 5.75 Å². The van der Waals surface area contributed by atoms with Crippen molar-refractivity contribution in [3.63, 3.8) is 0 Å². The molecule has 0 unspecified atom stereocenters. The summed E-state index contributed by atoms with van der Waals surface area (Å²) in [5, 5.41) is 1.06. The van der Waals surface area contributed by atoms with Gasteiger partial charge in [0.15, 0.2) is 0 Å². The summed E-state index contributed by atoms with van der Waals surface area (Å²) in [7, 11) is 1.84. The molecule has 0 aliphatic rings. The van der Waals surface area contributed by atoms with Crippen molar-refractivity contribution in [2.24, 2.45) is 0 Å². The Morgan fingerprint density at radius 3 is 2.76 bits per heavy atom. The predicted molar refractivity (Wildman–Crippen MR) is 85.6 cm³/mol. The van der Waals surface area contributed by atoms with Crippen molar-refractivity contribution in [2.75, 3.05) is 13.7 Å².